The molecule has 1 fully saturated rings. The van der Waals surface area contributed by atoms with Crippen LogP contribution in [0.2, 0.25) is 0 Å². The van der Waals surface area contributed by atoms with Gasteiger partial charge in [-0.1, -0.05) is 51.2 Å². The van der Waals surface area contributed by atoms with Crippen molar-refractivity contribution >= 4 is 17.7 Å². The summed E-state index contributed by atoms with van der Waals surface area (Å²) >= 11 is 1.95. The monoisotopic (exact) mass is 435 g/mol. The van der Waals surface area contributed by atoms with Gasteiger partial charge in [0.2, 0.25) is 0 Å². The third kappa shape index (κ3) is 10.3. The summed E-state index contributed by atoms with van der Waals surface area (Å²) in [5, 5.41) is 0. The highest BCUT2D eigenvalue weighted by Crippen LogP contribution is 2.26. The van der Waals surface area contributed by atoms with Gasteiger partial charge in [0.15, 0.2) is 0 Å². The quantitative estimate of drug-likeness (QED) is 0.221. The Morgan fingerprint density at radius 1 is 1.13 bits per heavy atom. The van der Waals surface area contributed by atoms with E-state index in [4.69, 9.17) is 9.47 Å². The Hall–Kier alpha value is -1.04. The minimum Gasteiger partial charge on any atom is -0.460 e. The van der Waals surface area contributed by atoms with Crippen molar-refractivity contribution in [3.63, 3.8) is 0 Å². The van der Waals surface area contributed by atoms with Gasteiger partial charge in [0.1, 0.15) is 5.60 Å². The molecule has 1 aromatic rings. The highest BCUT2D eigenvalue weighted by atomic mass is 32.2. The van der Waals surface area contributed by atoms with Gasteiger partial charge in [-0.3, -0.25) is 9.69 Å². The molecule has 1 heterocycles. The van der Waals surface area contributed by atoms with Crippen molar-refractivity contribution < 1.29 is 14.3 Å². The second-order valence-corrected chi connectivity index (χ2v) is 10.4. The molecule has 1 atom stereocenters. The predicted molar refractivity (Wildman–Crippen MR) is 126 cm³/mol. The molecule has 1 saturated heterocycles. The number of esters is 1. The Bertz CT molecular complexity index is 612. The zero-order valence-corrected chi connectivity index (χ0v) is 20.3. The van der Waals surface area contributed by atoms with Gasteiger partial charge in [0.05, 0.1) is 19.1 Å². The van der Waals surface area contributed by atoms with Crippen molar-refractivity contribution in [2.24, 2.45) is 0 Å². The largest absolute Gasteiger partial charge is 0.460 e. The number of hydrogen-bond donors (Lipinski definition) is 0. The molecule has 5 heteroatoms. The van der Waals surface area contributed by atoms with Gasteiger partial charge in [-0.2, -0.15) is 0 Å². The highest BCUT2D eigenvalue weighted by molar-refractivity contribution is 7.99. The SMILES string of the molecule is CCCCCCCCSc1ccc(C2CN(CCC(=O)OC(C)(C)C)CCO2)cc1. The smallest absolute Gasteiger partial charge is 0.307 e. The highest BCUT2D eigenvalue weighted by Gasteiger charge is 2.23. The van der Waals surface area contributed by atoms with E-state index in [1.54, 1.807) is 0 Å². The molecule has 0 radical (unpaired) electrons. The fourth-order valence-electron chi connectivity index (χ4n) is 3.60. The fourth-order valence-corrected chi connectivity index (χ4v) is 4.51. The van der Waals surface area contributed by atoms with Gasteiger partial charge < -0.3 is 9.47 Å². The fraction of sp³-hybridized carbons (Fsp3) is 0.720. The molecule has 0 amide bonds. The van der Waals surface area contributed by atoms with Gasteiger partial charge in [-0.25, -0.2) is 0 Å². The van der Waals surface area contributed by atoms with E-state index in [2.05, 4.69) is 36.1 Å². The van der Waals surface area contributed by atoms with E-state index in [-0.39, 0.29) is 12.1 Å². The molecular formula is C25H41NO3S. The summed E-state index contributed by atoms with van der Waals surface area (Å²) in [5.74, 6) is 1.07. The average molecular weight is 436 g/mol. The van der Waals surface area contributed by atoms with E-state index in [0.717, 1.165) is 19.6 Å². The number of unbranched alkanes of at least 4 members (excludes halogenated alkanes) is 5. The Morgan fingerprint density at radius 2 is 1.83 bits per heavy atom. The summed E-state index contributed by atoms with van der Waals surface area (Å²) in [7, 11) is 0. The van der Waals surface area contributed by atoms with Gasteiger partial charge in [0.25, 0.3) is 0 Å². The standard InChI is InChI=1S/C25H41NO3S/c1-5-6-7-8-9-10-19-30-22-13-11-21(12-14-22)23-20-26(17-18-28-23)16-15-24(27)29-25(2,3)4/h11-14,23H,5-10,15-20H2,1-4H3. The van der Waals surface area contributed by atoms with E-state index >= 15 is 0 Å². The molecule has 0 N–H and O–H groups in total. The maximum absolute atomic E-state index is 12.0. The van der Waals surface area contributed by atoms with Gasteiger partial charge >= 0.3 is 5.97 Å². The predicted octanol–water partition coefficient (Wildman–Crippen LogP) is 6.24. The first-order chi connectivity index (χ1) is 14.4. The van der Waals surface area contributed by atoms with E-state index in [1.165, 1.54) is 54.7 Å². The number of carbonyl (C=O) groups is 1. The van der Waals surface area contributed by atoms with Gasteiger partial charge in [0, 0.05) is 24.5 Å². The van der Waals surface area contributed by atoms with Crippen LogP contribution in [0.25, 0.3) is 0 Å². The summed E-state index contributed by atoms with van der Waals surface area (Å²) < 4.78 is 11.4. The summed E-state index contributed by atoms with van der Waals surface area (Å²) in [6, 6.07) is 8.84. The first kappa shape index (κ1) is 25.2. The van der Waals surface area contributed by atoms with Crippen LogP contribution in [0.4, 0.5) is 0 Å². The lowest BCUT2D eigenvalue weighted by atomic mass is 10.1. The Morgan fingerprint density at radius 3 is 2.53 bits per heavy atom. The van der Waals surface area contributed by atoms with Crippen molar-refractivity contribution in [1.82, 2.24) is 4.90 Å². The van der Waals surface area contributed by atoms with Crippen molar-refractivity contribution in [3.8, 4) is 0 Å². The summed E-state index contributed by atoms with van der Waals surface area (Å²) in [5.41, 5.74) is 0.806. The van der Waals surface area contributed by atoms with E-state index in [9.17, 15) is 4.79 Å². The van der Waals surface area contributed by atoms with E-state index in [0.29, 0.717) is 13.0 Å². The summed E-state index contributed by atoms with van der Waals surface area (Å²) in [4.78, 5) is 15.6. The van der Waals surface area contributed by atoms with Crippen molar-refractivity contribution in [3.05, 3.63) is 29.8 Å². The molecular weight excluding hydrogens is 394 g/mol. The second kappa shape index (κ2) is 13.4. The van der Waals surface area contributed by atoms with Crippen LogP contribution in [0.3, 0.4) is 0 Å². The topological polar surface area (TPSA) is 38.8 Å². The number of hydrogen-bond acceptors (Lipinski definition) is 5. The van der Waals surface area contributed by atoms with Gasteiger partial charge in [-0.15, -0.1) is 11.8 Å². The van der Waals surface area contributed by atoms with E-state index < -0.39 is 5.60 Å². The molecule has 1 aliphatic rings. The van der Waals surface area contributed by atoms with Crippen LogP contribution >= 0.6 is 11.8 Å². The van der Waals surface area contributed by atoms with Crippen LogP contribution in [-0.4, -0.2) is 48.5 Å². The molecule has 2 rings (SSSR count). The first-order valence-electron chi connectivity index (χ1n) is 11.7. The Balaban J connectivity index is 1.70. The second-order valence-electron chi connectivity index (χ2n) is 9.18. The lowest BCUT2D eigenvalue weighted by Gasteiger charge is -2.33. The third-order valence-corrected chi connectivity index (χ3v) is 6.32. The lowest BCUT2D eigenvalue weighted by molar-refractivity contribution is -0.155. The molecule has 1 aromatic carbocycles. The number of carbonyl (C=O) groups excluding carboxylic acids is 1. The maximum Gasteiger partial charge on any atom is 0.307 e. The van der Waals surface area contributed by atoms with Crippen LogP contribution in [0.15, 0.2) is 29.2 Å². The molecule has 30 heavy (non-hydrogen) atoms. The molecule has 0 spiro atoms. The third-order valence-electron chi connectivity index (χ3n) is 5.22. The number of thioether (sulfide) groups is 1. The minimum absolute atomic E-state index is 0.0787. The summed E-state index contributed by atoms with van der Waals surface area (Å²) in [6.45, 7) is 11.1. The molecule has 0 saturated carbocycles. The minimum atomic E-state index is -0.417. The maximum atomic E-state index is 12.0. The molecule has 0 aliphatic carbocycles. The average Bonchev–Trinajstić information content (AvgIpc) is 2.71. The van der Waals surface area contributed by atoms with Crippen molar-refractivity contribution in [1.29, 1.82) is 0 Å². The normalized spacial score (nSPS) is 17.8. The number of benzene rings is 1. The summed E-state index contributed by atoms with van der Waals surface area (Å²) in [6.07, 6.45) is 8.59. The van der Waals surface area contributed by atoms with Crippen molar-refractivity contribution in [2.75, 3.05) is 32.0 Å². The zero-order valence-electron chi connectivity index (χ0n) is 19.5. The van der Waals surface area contributed by atoms with Crippen LogP contribution in [0.1, 0.15) is 84.3 Å². The number of morpholine rings is 1. The van der Waals surface area contributed by atoms with Crippen LogP contribution < -0.4 is 0 Å². The Labute approximate surface area is 188 Å². The number of rotatable bonds is 12. The zero-order chi connectivity index (χ0) is 21.8. The molecule has 1 aliphatic heterocycles. The first-order valence-corrected chi connectivity index (χ1v) is 12.6. The molecule has 1 unspecified atom stereocenters. The van der Waals surface area contributed by atoms with Crippen LogP contribution in [0.5, 0.6) is 0 Å². The number of nitrogens with zero attached hydrogens (tertiary/aromatic N) is 1. The molecule has 0 aromatic heterocycles. The van der Waals surface area contributed by atoms with Gasteiger partial charge in [-0.05, 0) is 50.6 Å². The van der Waals surface area contributed by atoms with Crippen molar-refractivity contribution in [2.45, 2.75) is 89.2 Å². The Kier molecular flexibility index (Phi) is 11.3. The van der Waals surface area contributed by atoms with E-state index in [1.807, 2.05) is 32.5 Å². The molecule has 170 valence electrons. The van der Waals surface area contributed by atoms with Crippen LogP contribution in [0, 0.1) is 0 Å². The number of ether oxygens (including phenoxy) is 2. The van der Waals surface area contributed by atoms with Crippen LogP contribution in [-0.2, 0) is 14.3 Å². The molecule has 0 bridgehead atoms. The molecule has 4 nitrogen and oxygen atoms in total. The lowest BCUT2D eigenvalue weighted by Crippen LogP contribution is -2.39.